The zero-order valence-corrected chi connectivity index (χ0v) is 9.99. The summed E-state index contributed by atoms with van der Waals surface area (Å²) in [4.78, 5) is 13.7. The van der Waals surface area contributed by atoms with Gasteiger partial charge in [0.25, 0.3) is 0 Å². The van der Waals surface area contributed by atoms with Crippen molar-refractivity contribution in [1.82, 2.24) is 4.90 Å². The molecule has 0 aliphatic carbocycles. The van der Waals surface area contributed by atoms with Crippen LogP contribution in [0.3, 0.4) is 0 Å². The molecule has 0 saturated heterocycles. The van der Waals surface area contributed by atoms with E-state index in [2.05, 4.69) is 0 Å². The highest BCUT2D eigenvalue weighted by molar-refractivity contribution is 5.98. The van der Waals surface area contributed by atoms with E-state index in [9.17, 15) is 4.79 Å². The van der Waals surface area contributed by atoms with Crippen molar-refractivity contribution in [2.75, 3.05) is 20.6 Å². The zero-order chi connectivity index (χ0) is 11.7. The second kappa shape index (κ2) is 4.26. The minimum Gasteiger partial charge on any atom is -0.490 e. The molecule has 1 aliphatic heterocycles. The second-order valence-corrected chi connectivity index (χ2v) is 4.62. The Hall–Kier alpha value is -1.35. The van der Waals surface area contributed by atoms with Gasteiger partial charge in [-0.2, -0.15) is 0 Å². The lowest BCUT2D eigenvalue weighted by Crippen LogP contribution is -2.21. The summed E-state index contributed by atoms with van der Waals surface area (Å²) in [6, 6.07) is 5.72. The Bertz CT molecular complexity index is 412. The number of hydrogen-bond acceptors (Lipinski definition) is 3. The monoisotopic (exact) mass is 219 g/mol. The van der Waals surface area contributed by atoms with Gasteiger partial charge in [-0.05, 0) is 44.8 Å². The molecule has 1 aliphatic rings. The first-order valence-electron chi connectivity index (χ1n) is 5.54. The number of rotatable bonds is 3. The maximum absolute atomic E-state index is 11.9. The molecule has 3 heteroatoms. The van der Waals surface area contributed by atoms with E-state index in [1.165, 1.54) is 0 Å². The molecule has 1 unspecified atom stereocenters. The number of Topliss-reactive ketones (excluding diaryl/α,β-unsaturated/α-hetero) is 1. The molecule has 1 aromatic carbocycles. The predicted octanol–water partition coefficient (Wildman–Crippen LogP) is 1.75. The van der Waals surface area contributed by atoms with Gasteiger partial charge < -0.3 is 9.64 Å². The molecule has 16 heavy (non-hydrogen) atoms. The van der Waals surface area contributed by atoms with Gasteiger partial charge in [0.2, 0.25) is 0 Å². The number of benzene rings is 1. The molecular weight excluding hydrogens is 202 g/mol. The molecule has 0 saturated carbocycles. The summed E-state index contributed by atoms with van der Waals surface area (Å²) in [5, 5.41) is 0. The van der Waals surface area contributed by atoms with Crippen LogP contribution in [0.15, 0.2) is 18.2 Å². The van der Waals surface area contributed by atoms with Crippen LogP contribution in [-0.2, 0) is 6.42 Å². The van der Waals surface area contributed by atoms with Gasteiger partial charge in [-0.3, -0.25) is 4.79 Å². The third-order valence-electron chi connectivity index (χ3n) is 2.68. The van der Waals surface area contributed by atoms with Gasteiger partial charge in [0.1, 0.15) is 11.9 Å². The number of ether oxygens (including phenoxy) is 1. The Balaban J connectivity index is 2.19. The number of hydrogen-bond donors (Lipinski definition) is 0. The van der Waals surface area contributed by atoms with Gasteiger partial charge in [-0.25, -0.2) is 0 Å². The number of likely N-dealkylation sites (N-methyl/N-ethyl adjacent to an activating group) is 1. The topological polar surface area (TPSA) is 29.5 Å². The van der Waals surface area contributed by atoms with E-state index in [-0.39, 0.29) is 11.9 Å². The Morgan fingerprint density at radius 2 is 2.25 bits per heavy atom. The molecule has 0 amide bonds. The molecule has 86 valence electrons. The highest BCUT2D eigenvalue weighted by atomic mass is 16.5. The minimum absolute atomic E-state index is 0.160. The average molecular weight is 219 g/mol. The van der Waals surface area contributed by atoms with Gasteiger partial charge >= 0.3 is 0 Å². The second-order valence-electron chi connectivity index (χ2n) is 4.62. The first-order chi connectivity index (χ1) is 7.56. The number of carbonyl (C=O) groups excluding carboxylic acids is 1. The fourth-order valence-electron chi connectivity index (χ4n) is 1.97. The molecule has 0 bridgehead atoms. The van der Waals surface area contributed by atoms with E-state index in [0.29, 0.717) is 6.54 Å². The zero-order valence-electron chi connectivity index (χ0n) is 9.99. The van der Waals surface area contributed by atoms with Crippen molar-refractivity contribution >= 4 is 5.78 Å². The van der Waals surface area contributed by atoms with Crippen LogP contribution < -0.4 is 4.74 Å². The smallest absolute Gasteiger partial charge is 0.176 e. The van der Waals surface area contributed by atoms with Crippen LogP contribution in [0.2, 0.25) is 0 Å². The first kappa shape index (κ1) is 11.1. The molecule has 0 N–H and O–H groups in total. The van der Waals surface area contributed by atoms with Crippen LogP contribution in [0, 0.1) is 0 Å². The van der Waals surface area contributed by atoms with Gasteiger partial charge in [0.15, 0.2) is 5.78 Å². The number of ketones is 1. The largest absolute Gasteiger partial charge is 0.490 e. The minimum atomic E-state index is 0.160. The molecular formula is C13H17NO2. The number of carbonyl (C=O) groups is 1. The summed E-state index contributed by atoms with van der Waals surface area (Å²) >= 11 is 0. The lowest BCUT2D eigenvalue weighted by Gasteiger charge is -2.08. The number of fused-ring (bicyclic) bond motifs is 1. The van der Waals surface area contributed by atoms with Crippen molar-refractivity contribution in [1.29, 1.82) is 0 Å². The average Bonchev–Trinajstić information content (AvgIpc) is 2.55. The summed E-state index contributed by atoms with van der Waals surface area (Å²) in [6.45, 7) is 2.50. The van der Waals surface area contributed by atoms with Crippen LogP contribution in [0.4, 0.5) is 0 Å². The molecule has 0 aromatic heterocycles. The summed E-state index contributed by atoms with van der Waals surface area (Å²) in [5.41, 5.74) is 1.93. The molecule has 2 rings (SSSR count). The van der Waals surface area contributed by atoms with Crippen molar-refractivity contribution in [3.05, 3.63) is 29.3 Å². The van der Waals surface area contributed by atoms with Crippen molar-refractivity contribution in [2.24, 2.45) is 0 Å². The van der Waals surface area contributed by atoms with E-state index >= 15 is 0 Å². The molecule has 1 aromatic rings. The first-order valence-corrected chi connectivity index (χ1v) is 5.54. The molecule has 0 spiro atoms. The Morgan fingerprint density at radius 1 is 1.50 bits per heavy atom. The van der Waals surface area contributed by atoms with Gasteiger partial charge in [-0.15, -0.1) is 0 Å². The Kier molecular flexibility index (Phi) is 2.97. The third kappa shape index (κ3) is 2.25. The lowest BCUT2D eigenvalue weighted by atomic mass is 10.0. The fourth-order valence-corrected chi connectivity index (χ4v) is 1.97. The van der Waals surface area contributed by atoms with E-state index in [4.69, 9.17) is 4.74 Å². The van der Waals surface area contributed by atoms with Crippen molar-refractivity contribution in [3.8, 4) is 5.75 Å². The molecule has 1 atom stereocenters. The highest BCUT2D eigenvalue weighted by Gasteiger charge is 2.20. The quantitative estimate of drug-likeness (QED) is 0.725. The summed E-state index contributed by atoms with van der Waals surface area (Å²) in [7, 11) is 3.80. The van der Waals surface area contributed by atoms with Crippen LogP contribution in [0.5, 0.6) is 5.75 Å². The van der Waals surface area contributed by atoms with Crippen molar-refractivity contribution in [2.45, 2.75) is 19.4 Å². The third-order valence-corrected chi connectivity index (χ3v) is 2.68. The summed E-state index contributed by atoms with van der Waals surface area (Å²) < 4.78 is 5.60. The number of nitrogens with zero attached hydrogens (tertiary/aromatic N) is 1. The lowest BCUT2D eigenvalue weighted by molar-refractivity contribution is 0.0958. The van der Waals surface area contributed by atoms with Gasteiger partial charge in [0, 0.05) is 12.0 Å². The normalized spacial score (nSPS) is 18.4. The van der Waals surface area contributed by atoms with Crippen LogP contribution >= 0.6 is 0 Å². The van der Waals surface area contributed by atoms with Crippen molar-refractivity contribution in [3.63, 3.8) is 0 Å². The molecule has 0 fully saturated rings. The van der Waals surface area contributed by atoms with Crippen molar-refractivity contribution < 1.29 is 9.53 Å². The SMILES string of the molecule is CC1Cc2cc(C(=O)CN(C)C)ccc2O1. The van der Waals surface area contributed by atoms with Gasteiger partial charge in [-0.1, -0.05) is 0 Å². The van der Waals surface area contributed by atoms with E-state index in [1.807, 2.05) is 44.1 Å². The van der Waals surface area contributed by atoms with Gasteiger partial charge in [0.05, 0.1) is 6.54 Å². The summed E-state index contributed by atoms with van der Waals surface area (Å²) in [6.07, 6.45) is 1.13. The maximum atomic E-state index is 11.9. The van der Waals surface area contributed by atoms with Crippen LogP contribution in [0.25, 0.3) is 0 Å². The van der Waals surface area contributed by atoms with E-state index in [1.54, 1.807) is 0 Å². The standard InChI is InChI=1S/C13H17NO2/c1-9-6-11-7-10(4-5-13(11)16-9)12(15)8-14(2)3/h4-5,7,9H,6,8H2,1-3H3. The molecule has 3 nitrogen and oxygen atoms in total. The fraction of sp³-hybridized carbons (Fsp3) is 0.462. The summed E-state index contributed by atoms with van der Waals surface area (Å²) in [5.74, 6) is 1.08. The highest BCUT2D eigenvalue weighted by Crippen LogP contribution is 2.29. The molecule has 1 heterocycles. The Morgan fingerprint density at radius 3 is 2.94 bits per heavy atom. The Labute approximate surface area is 96.0 Å². The van der Waals surface area contributed by atoms with Crippen LogP contribution in [-0.4, -0.2) is 37.4 Å². The van der Waals surface area contributed by atoms with E-state index < -0.39 is 0 Å². The molecule has 0 radical (unpaired) electrons. The predicted molar refractivity (Wildman–Crippen MR) is 63.1 cm³/mol. The van der Waals surface area contributed by atoms with E-state index in [0.717, 1.165) is 23.3 Å². The van der Waals surface area contributed by atoms with Crippen LogP contribution in [0.1, 0.15) is 22.8 Å². The maximum Gasteiger partial charge on any atom is 0.176 e.